The van der Waals surface area contributed by atoms with E-state index in [2.05, 4.69) is 12.6 Å². The predicted octanol–water partition coefficient (Wildman–Crippen LogP) is 3.11. The monoisotopic (exact) mass is 244 g/mol. The highest BCUT2D eigenvalue weighted by Crippen LogP contribution is 2.18. The summed E-state index contributed by atoms with van der Waals surface area (Å²) in [5, 5.41) is 9.57. The summed E-state index contributed by atoms with van der Waals surface area (Å²) >= 11 is 4.18. The van der Waals surface area contributed by atoms with Crippen molar-refractivity contribution in [1.29, 1.82) is 0 Å². The van der Waals surface area contributed by atoms with Crippen LogP contribution >= 0.6 is 12.6 Å². The summed E-state index contributed by atoms with van der Waals surface area (Å²) < 4.78 is 0. The van der Waals surface area contributed by atoms with Gasteiger partial charge in [0.1, 0.15) is 5.75 Å². The number of phenolic OH excluding ortho intramolecular Hbond substituents is 1. The highest BCUT2D eigenvalue weighted by molar-refractivity contribution is 7.80. The third-order valence-corrected chi connectivity index (χ3v) is 2.80. The maximum atomic E-state index is 11.9. The lowest BCUT2D eigenvalue weighted by atomic mass is 10.0. The minimum atomic E-state index is -0.0879. The lowest BCUT2D eigenvalue weighted by Gasteiger charge is -2.04. The summed E-state index contributed by atoms with van der Waals surface area (Å²) in [5.41, 5.74) is 1.28. The van der Waals surface area contributed by atoms with Crippen LogP contribution in [-0.4, -0.2) is 10.9 Å². The van der Waals surface area contributed by atoms with Crippen molar-refractivity contribution in [2.24, 2.45) is 0 Å². The fourth-order valence-electron chi connectivity index (χ4n) is 1.60. The number of para-hydroxylation sites is 1. The first-order chi connectivity index (χ1) is 8.16. The number of phenols is 1. The molecule has 2 aromatic rings. The average Bonchev–Trinajstić information content (AvgIpc) is 2.32. The lowest BCUT2D eigenvalue weighted by Crippen LogP contribution is -2.03. The average molecular weight is 244 g/mol. The molecule has 86 valence electrons. The molecule has 0 unspecified atom stereocenters. The first-order valence-corrected chi connectivity index (χ1v) is 5.70. The van der Waals surface area contributed by atoms with Crippen molar-refractivity contribution in [2.75, 3.05) is 0 Å². The van der Waals surface area contributed by atoms with Crippen molar-refractivity contribution < 1.29 is 9.90 Å². The third kappa shape index (κ3) is 2.88. The van der Waals surface area contributed by atoms with Gasteiger partial charge in [-0.05, 0) is 29.8 Å². The first kappa shape index (κ1) is 11.7. The molecule has 1 N–H and O–H groups in total. The minimum absolute atomic E-state index is 0.0308. The van der Waals surface area contributed by atoms with Gasteiger partial charge in [0.15, 0.2) is 5.78 Å². The predicted molar refractivity (Wildman–Crippen MR) is 69.8 cm³/mol. The highest BCUT2D eigenvalue weighted by atomic mass is 32.1. The molecule has 2 rings (SSSR count). The zero-order chi connectivity index (χ0) is 12.3. The summed E-state index contributed by atoms with van der Waals surface area (Å²) in [6.45, 7) is 0. The quantitative estimate of drug-likeness (QED) is 0.643. The molecule has 2 nitrogen and oxygen atoms in total. The molecule has 0 radical (unpaired) electrons. The molecule has 3 heteroatoms. The molecule has 0 spiro atoms. The molecular formula is C14H12O2S. The molecule has 0 amide bonds. The van der Waals surface area contributed by atoms with Crippen molar-refractivity contribution in [1.82, 2.24) is 0 Å². The molecule has 0 fully saturated rings. The van der Waals surface area contributed by atoms with Crippen LogP contribution in [0.4, 0.5) is 0 Å². The number of ketones is 1. The first-order valence-electron chi connectivity index (χ1n) is 5.26. The van der Waals surface area contributed by atoms with Gasteiger partial charge in [0.05, 0.1) is 5.56 Å². The maximum absolute atomic E-state index is 11.9. The van der Waals surface area contributed by atoms with Gasteiger partial charge in [-0.15, -0.1) is 12.6 Å². The Hall–Kier alpha value is -1.74. The van der Waals surface area contributed by atoms with Gasteiger partial charge in [-0.3, -0.25) is 4.79 Å². The van der Waals surface area contributed by atoms with Gasteiger partial charge in [0.25, 0.3) is 0 Å². The van der Waals surface area contributed by atoms with E-state index in [4.69, 9.17) is 0 Å². The molecule has 0 saturated heterocycles. The Morgan fingerprint density at radius 3 is 2.35 bits per heavy atom. The van der Waals surface area contributed by atoms with Gasteiger partial charge in [0, 0.05) is 11.3 Å². The van der Waals surface area contributed by atoms with Crippen LogP contribution in [0.1, 0.15) is 15.9 Å². The summed E-state index contributed by atoms with van der Waals surface area (Å²) in [4.78, 5) is 12.8. The van der Waals surface area contributed by atoms with Crippen LogP contribution in [0.2, 0.25) is 0 Å². The molecule has 0 aliphatic heterocycles. The second-order valence-corrected chi connectivity index (χ2v) is 4.30. The van der Waals surface area contributed by atoms with Gasteiger partial charge >= 0.3 is 0 Å². The van der Waals surface area contributed by atoms with E-state index in [0.29, 0.717) is 5.56 Å². The largest absolute Gasteiger partial charge is 0.507 e. The maximum Gasteiger partial charge on any atom is 0.170 e. The number of Topliss-reactive ketones (excluding diaryl/α,β-unsaturated/α-hetero) is 1. The Kier molecular flexibility index (Phi) is 3.49. The number of aromatic hydroxyl groups is 1. The SMILES string of the molecule is O=C(Cc1ccc(S)cc1)c1ccccc1O. The topological polar surface area (TPSA) is 37.3 Å². The minimum Gasteiger partial charge on any atom is -0.507 e. The molecule has 0 atom stereocenters. The van der Waals surface area contributed by atoms with Gasteiger partial charge in [-0.25, -0.2) is 0 Å². The summed E-state index contributed by atoms with van der Waals surface area (Å²) in [6.07, 6.45) is 0.283. The molecule has 17 heavy (non-hydrogen) atoms. The zero-order valence-corrected chi connectivity index (χ0v) is 10.0. The van der Waals surface area contributed by atoms with Gasteiger partial charge in [-0.1, -0.05) is 24.3 Å². The van der Waals surface area contributed by atoms with Crippen LogP contribution in [0.25, 0.3) is 0 Å². The van der Waals surface area contributed by atoms with Gasteiger partial charge in [-0.2, -0.15) is 0 Å². The Balaban J connectivity index is 2.17. The van der Waals surface area contributed by atoms with Crippen molar-refractivity contribution in [3.63, 3.8) is 0 Å². The standard InChI is InChI=1S/C14H12O2S/c15-13-4-2-1-3-12(13)14(16)9-10-5-7-11(17)8-6-10/h1-8,15,17H,9H2. The van der Waals surface area contributed by atoms with Crippen molar-refractivity contribution in [3.05, 3.63) is 59.7 Å². The van der Waals surface area contributed by atoms with Crippen LogP contribution in [0, 0.1) is 0 Å². The van der Waals surface area contributed by atoms with Crippen LogP contribution in [-0.2, 0) is 6.42 Å². The molecule has 0 heterocycles. The van der Waals surface area contributed by atoms with E-state index in [-0.39, 0.29) is 18.0 Å². The van der Waals surface area contributed by atoms with E-state index >= 15 is 0 Å². The number of thiol groups is 1. The normalized spacial score (nSPS) is 10.2. The van der Waals surface area contributed by atoms with Gasteiger partial charge in [0.2, 0.25) is 0 Å². The van der Waals surface area contributed by atoms with E-state index in [0.717, 1.165) is 10.5 Å². The van der Waals surface area contributed by atoms with Gasteiger partial charge < -0.3 is 5.11 Å². The molecule has 0 bridgehead atoms. The fraction of sp³-hybridized carbons (Fsp3) is 0.0714. The number of benzene rings is 2. The van der Waals surface area contributed by atoms with E-state index in [1.807, 2.05) is 24.3 Å². The molecule has 0 aliphatic carbocycles. The van der Waals surface area contributed by atoms with Crippen LogP contribution < -0.4 is 0 Å². The second-order valence-electron chi connectivity index (χ2n) is 3.78. The molecule has 2 aromatic carbocycles. The Morgan fingerprint density at radius 1 is 1.06 bits per heavy atom. The zero-order valence-electron chi connectivity index (χ0n) is 9.13. The number of carbonyl (C=O) groups is 1. The molecular weight excluding hydrogens is 232 g/mol. The van der Waals surface area contributed by atoms with E-state index in [1.165, 1.54) is 6.07 Å². The molecule has 0 aliphatic rings. The van der Waals surface area contributed by atoms with E-state index in [9.17, 15) is 9.90 Å². The Bertz CT molecular complexity index is 532. The van der Waals surface area contributed by atoms with Crippen LogP contribution in [0.15, 0.2) is 53.4 Å². The number of carbonyl (C=O) groups excluding carboxylic acids is 1. The smallest absolute Gasteiger partial charge is 0.170 e. The van der Waals surface area contributed by atoms with Crippen LogP contribution in [0.5, 0.6) is 5.75 Å². The van der Waals surface area contributed by atoms with Crippen molar-refractivity contribution in [3.8, 4) is 5.75 Å². The molecule has 0 saturated carbocycles. The molecule has 0 aromatic heterocycles. The second kappa shape index (κ2) is 5.06. The number of hydrogen-bond acceptors (Lipinski definition) is 3. The Labute approximate surface area is 105 Å². The van der Waals surface area contributed by atoms with Crippen molar-refractivity contribution in [2.45, 2.75) is 11.3 Å². The Morgan fingerprint density at radius 2 is 1.71 bits per heavy atom. The third-order valence-electron chi connectivity index (χ3n) is 2.51. The summed E-state index contributed by atoms with van der Waals surface area (Å²) in [7, 11) is 0. The fourth-order valence-corrected chi connectivity index (χ4v) is 1.75. The van der Waals surface area contributed by atoms with E-state index in [1.54, 1.807) is 18.2 Å². The highest BCUT2D eigenvalue weighted by Gasteiger charge is 2.10. The lowest BCUT2D eigenvalue weighted by molar-refractivity contribution is 0.0990. The van der Waals surface area contributed by atoms with Crippen molar-refractivity contribution >= 4 is 18.4 Å². The summed E-state index contributed by atoms with van der Waals surface area (Å²) in [6, 6.07) is 14.0. The number of rotatable bonds is 3. The number of hydrogen-bond donors (Lipinski definition) is 2. The van der Waals surface area contributed by atoms with Crippen LogP contribution in [0.3, 0.4) is 0 Å². The van der Waals surface area contributed by atoms with E-state index < -0.39 is 0 Å². The summed E-state index contributed by atoms with van der Waals surface area (Å²) in [5.74, 6) is -0.0571.